The highest BCUT2D eigenvalue weighted by Gasteiger charge is 2.32. The zero-order chi connectivity index (χ0) is 32.3. The smallest absolute Gasteiger partial charge is 0.338 e. The quantitative estimate of drug-likeness (QED) is 0.0652. The van der Waals surface area contributed by atoms with E-state index in [1.165, 1.54) is 6.21 Å². The molecule has 3 aromatic rings. The minimum atomic E-state index is -0.629. The van der Waals surface area contributed by atoms with Crippen LogP contribution in [0.15, 0.2) is 89.7 Å². The lowest BCUT2D eigenvalue weighted by atomic mass is 9.95. The summed E-state index contributed by atoms with van der Waals surface area (Å²) in [5.74, 6) is 0.139. The van der Waals surface area contributed by atoms with Crippen molar-refractivity contribution in [1.82, 2.24) is 16.1 Å². The van der Waals surface area contributed by atoms with Crippen molar-refractivity contribution in [1.29, 1.82) is 0 Å². The molecule has 0 unspecified atom stereocenters. The number of amides is 1. The van der Waals surface area contributed by atoms with Gasteiger partial charge in [-0.3, -0.25) is 4.79 Å². The maximum atomic E-state index is 12.8. The van der Waals surface area contributed by atoms with Gasteiger partial charge in [-0.1, -0.05) is 53.5 Å². The second kappa shape index (κ2) is 16.1. The number of nitrogens with zero attached hydrogens (tertiary/aromatic N) is 1. The van der Waals surface area contributed by atoms with Gasteiger partial charge in [0, 0.05) is 11.3 Å². The Balaban J connectivity index is 1.38. The van der Waals surface area contributed by atoms with Crippen LogP contribution in [-0.4, -0.2) is 36.4 Å². The fourth-order valence-electron chi connectivity index (χ4n) is 4.54. The molecule has 0 saturated carbocycles. The Hall–Kier alpha value is -4.38. The number of hydrazone groups is 1. The van der Waals surface area contributed by atoms with Crippen LogP contribution < -0.4 is 25.5 Å². The number of hydrogen-bond acceptors (Lipinski definition) is 7. The fourth-order valence-corrected chi connectivity index (χ4v) is 5.13. The summed E-state index contributed by atoms with van der Waals surface area (Å²) in [6, 6.07) is 17.4. The van der Waals surface area contributed by atoms with Crippen molar-refractivity contribution in [2.24, 2.45) is 5.10 Å². The van der Waals surface area contributed by atoms with Crippen molar-refractivity contribution >= 4 is 58.6 Å². The predicted octanol–water partition coefficient (Wildman–Crippen LogP) is 6.19. The lowest BCUT2D eigenvalue weighted by molar-refractivity contribution is -0.139. The molecule has 3 aromatic carbocycles. The highest BCUT2D eigenvalue weighted by Crippen LogP contribution is 2.33. The van der Waals surface area contributed by atoms with Gasteiger partial charge < -0.3 is 24.8 Å². The van der Waals surface area contributed by atoms with E-state index in [2.05, 4.69) is 27.7 Å². The Morgan fingerprint density at radius 3 is 2.62 bits per heavy atom. The van der Waals surface area contributed by atoms with E-state index in [4.69, 9.17) is 49.6 Å². The van der Waals surface area contributed by atoms with Gasteiger partial charge in [-0.2, -0.15) is 5.10 Å². The molecule has 0 radical (unpaired) electrons. The van der Waals surface area contributed by atoms with Crippen LogP contribution >= 0.6 is 35.4 Å². The highest BCUT2D eigenvalue weighted by molar-refractivity contribution is 7.80. The van der Waals surface area contributed by atoms with E-state index in [9.17, 15) is 9.59 Å². The van der Waals surface area contributed by atoms with E-state index in [1.807, 2.05) is 30.3 Å². The molecule has 9 nitrogen and oxygen atoms in total. The van der Waals surface area contributed by atoms with Crippen LogP contribution in [0.1, 0.15) is 42.1 Å². The molecule has 1 aliphatic heterocycles. The third-order valence-corrected chi connectivity index (χ3v) is 7.54. The second-order valence-electron chi connectivity index (χ2n) is 9.81. The van der Waals surface area contributed by atoms with Crippen molar-refractivity contribution in [3.63, 3.8) is 0 Å². The van der Waals surface area contributed by atoms with Crippen LogP contribution in [0.2, 0.25) is 10.0 Å². The summed E-state index contributed by atoms with van der Waals surface area (Å²) in [6.07, 6.45) is 3.88. The SMILES string of the molecule is C=CCc1cc(C=NNC(=O)COc2ccccc2[C@H]2NC(=S)NC(C)=C2C(=O)OCC)ccc1OCc1ccc(Cl)c(Cl)c1. The summed E-state index contributed by atoms with van der Waals surface area (Å²) < 4.78 is 17.1. The van der Waals surface area contributed by atoms with Crippen molar-refractivity contribution < 1.29 is 23.8 Å². The van der Waals surface area contributed by atoms with Gasteiger partial charge >= 0.3 is 5.97 Å². The number of para-hydroxylation sites is 1. The van der Waals surface area contributed by atoms with Crippen LogP contribution in [0, 0.1) is 0 Å². The number of allylic oxidation sites excluding steroid dienone is 2. The van der Waals surface area contributed by atoms with Crippen LogP contribution in [0.25, 0.3) is 0 Å². The standard InChI is InChI=1S/C33H32Cl2N4O5S/c1-4-8-23-15-21(12-14-27(23)43-18-22-11-13-25(34)26(35)16-22)17-36-39-29(40)19-44-28-10-7-6-9-24(28)31-30(32(41)42-5-2)20(3)37-33(45)38-31/h4,6-7,9-17,31H,1,5,8,18-19H2,2-3H3,(H,39,40)(H2,37,38,45)/t31-/m1/s1. The zero-order valence-corrected chi connectivity index (χ0v) is 27.0. The Kier molecular flexibility index (Phi) is 12.0. The van der Waals surface area contributed by atoms with Gasteiger partial charge in [-0.15, -0.1) is 6.58 Å². The minimum Gasteiger partial charge on any atom is -0.489 e. The van der Waals surface area contributed by atoms with Gasteiger partial charge in [0.15, 0.2) is 11.7 Å². The van der Waals surface area contributed by atoms with Crippen molar-refractivity contribution in [2.75, 3.05) is 13.2 Å². The number of ether oxygens (including phenoxy) is 3. The Labute approximate surface area is 277 Å². The van der Waals surface area contributed by atoms with Gasteiger partial charge in [0.2, 0.25) is 0 Å². The number of esters is 1. The first-order chi connectivity index (χ1) is 21.7. The number of rotatable bonds is 13. The summed E-state index contributed by atoms with van der Waals surface area (Å²) in [6.45, 7) is 7.54. The molecule has 1 aliphatic rings. The number of nitrogens with one attached hydrogen (secondary N) is 3. The van der Waals surface area contributed by atoms with Crippen LogP contribution in [0.5, 0.6) is 11.5 Å². The number of halogens is 2. The Bertz CT molecular complexity index is 1660. The average molecular weight is 668 g/mol. The Morgan fingerprint density at radius 2 is 1.87 bits per heavy atom. The number of benzene rings is 3. The third kappa shape index (κ3) is 9.07. The molecule has 1 atom stereocenters. The number of thiocarbonyl (C=S) groups is 1. The molecular formula is C33H32Cl2N4O5S. The highest BCUT2D eigenvalue weighted by atomic mass is 35.5. The first-order valence-corrected chi connectivity index (χ1v) is 15.2. The van der Waals surface area contributed by atoms with Crippen LogP contribution in [0.3, 0.4) is 0 Å². The lowest BCUT2D eigenvalue weighted by Gasteiger charge is -2.30. The predicted molar refractivity (Wildman–Crippen MR) is 180 cm³/mol. The van der Waals surface area contributed by atoms with Crippen LogP contribution in [-0.2, 0) is 27.4 Å². The molecule has 0 aromatic heterocycles. The van der Waals surface area contributed by atoms with Gasteiger partial charge in [-0.05, 0) is 85.6 Å². The summed E-state index contributed by atoms with van der Waals surface area (Å²) in [5.41, 5.74) is 6.59. The number of hydrogen-bond donors (Lipinski definition) is 3. The first-order valence-electron chi connectivity index (χ1n) is 14.0. The first kappa shape index (κ1) is 33.5. The fraction of sp³-hybridized carbons (Fsp3) is 0.212. The lowest BCUT2D eigenvalue weighted by Crippen LogP contribution is -2.45. The molecule has 0 aliphatic carbocycles. The second-order valence-corrected chi connectivity index (χ2v) is 11.0. The molecule has 12 heteroatoms. The third-order valence-electron chi connectivity index (χ3n) is 6.58. The molecule has 1 heterocycles. The monoisotopic (exact) mass is 666 g/mol. The Morgan fingerprint density at radius 1 is 1.07 bits per heavy atom. The maximum absolute atomic E-state index is 12.8. The van der Waals surface area contributed by atoms with E-state index >= 15 is 0 Å². The number of carbonyl (C=O) groups excluding carboxylic acids is 2. The number of carbonyl (C=O) groups is 2. The van der Waals surface area contributed by atoms with Crippen molar-refractivity contribution in [3.8, 4) is 11.5 Å². The average Bonchev–Trinajstić information content (AvgIpc) is 3.01. The van der Waals surface area contributed by atoms with Gasteiger partial charge in [-0.25, -0.2) is 10.2 Å². The zero-order valence-electron chi connectivity index (χ0n) is 24.7. The summed E-state index contributed by atoms with van der Waals surface area (Å²) in [4.78, 5) is 25.4. The molecule has 1 amide bonds. The van der Waals surface area contributed by atoms with E-state index in [0.717, 1.165) is 16.7 Å². The van der Waals surface area contributed by atoms with Gasteiger partial charge in [0.05, 0.1) is 34.5 Å². The normalized spacial score (nSPS) is 14.4. The van der Waals surface area contributed by atoms with E-state index in [-0.39, 0.29) is 13.2 Å². The van der Waals surface area contributed by atoms with Gasteiger partial charge in [0.1, 0.15) is 18.1 Å². The van der Waals surface area contributed by atoms with E-state index in [1.54, 1.807) is 50.3 Å². The molecule has 45 heavy (non-hydrogen) atoms. The van der Waals surface area contributed by atoms with Crippen molar-refractivity contribution in [2.45, 2.75) is 32.9 Å². The van der Waals surface area contributed by atoms with Crippen LogP contribution in [0.4, 0.5) is 0 Å². The summed E-state index contributed by atoms with van der Waals surface area (Å²) in [5, 5.41) is 11.4. The molecule has 234 valence electrons. The topological polar surface area (TPSA) is 110 Å². The van der Waals surface area contributed by atoms with E-state index in [0.29, 0.717) is 56.5 Å². The van der Waals surface area contributed by atoms with E-state index < -0.39 is 17.9 Å². The maximum Gasteiger partial charge on any atom is 0.338 e. The molecule has 0 saturated heterocycles. The molecule has 0 spiro atoms. The molecule has 0 bridgehead atoms. The molecular weight excluding hydrogens is 635 g/mol. The largest absolute Gasteiger partial charge is 0.489 e. The summed E-state index contributed by atoms with van der Waals surface area (Å²) in [7, 11) is 0. The molecule has 3 N–H and O–H groups in total. The summed E-state index contributed by atoms with van der Waals surface area (Å²) >= 11 is 17.4. The minimum absolute atomic E-state index is 0.221. The molecule has 0 fully saturated rings. The molecule has 4 rings (SSSR count). The van der Waals surface area contributed by atoms with Crippen molar-refractivity contribution in [3.05, 3.63) is 117 Å². The van der Waals surface area contributed by atoms with Gasteiger partial charge in [0.25, 0.3) is 5.91 Å².